The maximum Gasteiger partial charge on any atom is 0.293 e. The van der Waals surface area contributed by atoms with Crippen LogP contribution >= 0.6 is 0 Å². The Morgan fingerprint density at radius 1 is 1.06 bits per heavy atom. The number of nitro groups is 1. The second-order valence-electron chi connectivity index (χ2n) is 19.6. The molecule has 3 unspecified atom stereocenters. The molecule has 1 aliphatic heterocycles. The van der Waals surface area contributed by atoms with Gasteiger partial charge in [-0.2, -0.15) is 0 Å². The molecule has 10 rings (SSSR count). The SMILES string of the molecule is C[C@]1(O)CC[C@H](CNc2ccc(S(=O)(=O)NC(=O)c3ccc(N4CCN(CC5=C(C67CC6C7C(F)F)CC6(CCC6)CC5)CC4)cc3Oc3cnc4[nH]ccc4c3)cc2[N+](=O)[O-])CC1. The Hall–Kier alpha value is -5.13. The molecule has 17 heteroatoms. The Morgan fingerprint density at radius 3 is 2.53 bits per heavy atom. The number of nitro benzene ring substituents is 1. The number of rotatable bonds is 14. The molecule has 2 aromatic carbocycles. The predicted molar refractivity (Wildman–Crippen MR) is 237 cm³/mol. The molecule has 340 valence electrons. The molecule has 6 aliphatic rings. The summed E-state index contributed by atoms with van der Waals surface area (Å²) in [6.07, 6.45) is 11.5. The van der Waals surface area contributed by atoms with Crippen LogP contribution in [0.15, 0.2) is 77.0 Å². The molecule has 5 aliphatic carbocycles. The van der Waals surface area contributed by atoms with E-state index in [0.717, 1.165) is 75.3 Å². The van der Waals surface area contributed by atoms with Crippen LogP contribution in [-0.4, -0.2) is 90.5 Å². The fraction of sp³-hybridized carbons (Fsp3) is 0.532. The highest BCUT2D eigenvalue weighted by Crippen LogP contribution is 2.86. The number of aromatic amines is 1. The average molecular weight is 900 g/mol. The third-order valence-corrected chi connectivity index (χ3v) is 16.9. The molecule has 4 saturated carbocycles. The van der Waals surface area contributed by atoms with Crippen LogP contribution in [-0.2, 0) is 10.0 Å². The van der Waals surface area contributed by atoms with Crippen LogP contribution in [0.5, 0.6) is 11.5 Å². The summed E-state index contributed by atoms with van der Waals surface area (Å²) in [5.41, 5.74) is 3.18. The fourth-order valence-electron chi connectivity index (χ4n) is 11.3. The highest BCUT2D eigenvalue weighted by atomic mass is 32.2. The first kappa shape index (κ1) is 42.8. The number of benzene rings is 2. The van der Waals surface area contributed by atoms with E-state index in [1.165, 1.54) is 54.8 Å². The number of aliphatic hydroxyl groups is 1. The molecule has 4 aromatic rings. The number of anilines is 2. The lowest BCUT2D eigenvalue weighted by Crippen LogP contribution is -2.47. The van der Waals surface area contributed by atoms with Gasteiger partial charge in [-0.05, 0) is 125 Å². The quantitative estimate of drug-likeness (QED) is 0.0542. The summed E-state index contributed by atoms with van der Waals surface area (Å²) in [7, 11) is -4.60. The number of aromatic nitrogens is 2. The summed E-state index contributed by atoms with van der Waals surface area (Å²) in [6, 6.07) is 12.0. The topological polar surface area (TPSA) is 183 Å². The molecule has 1 saturated heterocycles. The predicted octanol–water partition coefficient (Wildman–Crippen LogP) is 8.41. The van der Waals surface area contributed by atoms with Gasteiger partial charge in [-0.15, -0.1) is 0 Å². The fourth-order valence-corrected chi connectivity index (χ4v) is 12.3. The van der Waals surface area contributed by atoms with E-state index in [0.29, 0.717) is 49.3 Å². The minimum absolute atomic E-state index is 0.0692. The summed E-state index contributed by atoms with van der Waals surface area (Å²) >= 11 is 0. The van der Waals surface area contributed by atoms with Crippen molar-refractivity contribution in [3.05, 3.63) is 87.7 Å². The summed E-state index contributed by atoms with van der Waals surface area (Å²) < 4.78 is 63.8. The minimum atomic E-state index is -4.60. The molecule has 1 spiro atoms. The van der Waals surface area contributed by atoms with Crippen molar-refractivity contribution < 1.29 is 36.8 Å². The van der Waals surface area contributed by atoms with Gasteiger partial charge in [0, 0.05) is 80.0 Å². The van der Waals surface area contributed by atoms with E-state index in [2.05, 4.69) is 29.8 Å². The number of fused-ring (bicyclic) bond motifs is 2. The Kier molecular flexibility index (Phi) is 10.8. The highest BCUT2D eigenvalue weighted by molar-refractivity contribution is 7.90. The van der Waals surface area contributed by atoms with Crippen molar-refractivity contribution in [3.63, 3.8) is 0 Å². The normalized spacial score (nSPS) is 27.6. The average Bonchev–Trinajstić information content (AvgIpc) is 4.08. The number of hydrogen-bond donors (Lipinski definition) is 4. The summed E-state index contributed by atoms with van der Waals surface area (Å²) in [6.45, 7) is 5.87. The van der Waals surface area contributed by atoms with E-state index in [1.54, 1.807) is 31.3 Å². The smallest absolute Gasteiger partial charge is 0.293 e. The van der Waals surface area contributed by atoms with Gasteiger partial charge in [0.1, 0.15) is 22.8 Å². The van der Waals surface area contributed by atoms with Gasteiger partial charge in [0.05, 0.1) is 27.2 Å². The number of carbonyl (C=O) groups excluding carboxylic acids is 1. The van der Waals surface area contributed by atoms with Crippen LogP contribution in [0, 0.1) is 38.7 Å². The van der Waals surface area contributed by atoms with Gasteiger partial charge in [0.15, 0.2) is 0 Å². The van der Waals surface area contributed by atoms with Gasteiger partial charge in [0.2, 0.25) is 6.43 Å². The van der Waals surface area contributed by atoms with Crippen molar-refractivity contribution in [2.24, 2.45) is 28.6 Å². The minimum Gasteiger partial charge on any atom is -0.455 e. The number of pyridine rings is 1. The second-order valence-corrected chi connectivity index (χ2v) is 21.3. The molecule has 4 N–H and O–H groups in total. The Labute approximate surface area is 371 Å². The van der Waals surface area contributed by atoms with Crippen molar-refractivity contribution in [3.8, 4) is 11.5 Å². The van der Waals surface area contributed by atoms with E-state index in [1.807, 2.05) is 6.07 Å². The maximum absolute atomic E-state index is 14.0. The first-order chi connectivity index (χ1) is 30.6. The third kappa shape index (κ3) is 8.12. The number of H-pyrrole nitrogens is 1. The zero-order valence-electron chi connectivity index (χ0n) is 36.0. The lowest BCUT2D eigenvalue weighted by Gasteiger charge is -2.48. The van der Waals surface area contributed by atoms with Gasteiger partial charge in [-0.3, -0.25) is 19.8 Å². The van der Waals surface area contributed by atoms with Crippen molar-refractivity contribution in [1.82, 2.24) is 19.6 Å². The highest BCUT2D eigenvalue weighted by Gasteiger charge is 2.83. The van der Waals surface area contributed by atoms with Crippen LogP contribution in [0.2, 0.25) is 0 Å². The van der Waals surface area contributed by atoms with Crippen LogP contribution in [0.1, 0.15) is 87.9 Å². The van der Waals surface area contributed by atoms with Crippen LogP contribution in [0.25, 0.3) is 11.0 Å². The molecule has 5 fully saturated rings. The van der Waals surface area contributed by atoms with Crippen molar-refractivity contribution in [1.29, 1.82) is 0 Å². The Bertz CT molecular complexity index is 2630. The van der Waals surface area contributed by atoms with E-state index in [9.17, 15) is 37.2 Å². The molecular formula is C47H55F2N7O7S. The first-order valence-corrected chi connectivity index (χ1v) is 24.1. The molecule has 64 heavy (non-hydrogen) atoms. The maximum atomic E-state index is 14.0. The number of carbonyl (C=O) groups is 1. The Balaban J connectivity index is 0.850. The largest absolute Gasteiger partial charge is 0.455 e. The van der Waals surface area contributed by atoms with E-state index in [-0.39, 0.29) is 34.3 Å². The molecule has 3 heterocycles. The van der Waals surface area contributed by atoms with E-state index >= 15 is 0 Å². The van der Waals surface area contributed by atoms with Crippen LogP contribution < -0.4 is 19.7 Å². The van der Waals surface area contributed by atoms with Crippen molar-refractivity contribution in [2.75, 3.05) is 49.5 Å². The molecule has 0 radical (unpaired) electrons. The third-order valence-electron chi connectivity index (χ3n) is 15.6. The van der Waals surface area contributed by atoms with Gasteiger partial charge in [-0.1, -0.05) is 17.6 Å². The summed E-state index contributed by atoms with van der Waals surface area (Å²) in [4.78, 5) is 37.0. The molecule has 2 aromatic heterocycles. The summed E-state index contributed by atoms with van der Waals surface area (Å²) in [5.74, 6) is -0.664. The number of allylic oxidation sites excluding steroid dienone is 1. The number of nitrogens with one attached hydrogen (secondary N) is 3. The van der Waals surface area contributed by atoms with Crippen LogP contribution in [0.4, 0.5) is 25.8 Å². The number of ether oxygens (including phenoxy) is 1. The first-order valence-electron chi connectivity index (χ1n) is 22.7. The van der Waals surface area contributed by atoms with Crippen molar-refractivity contribution >= 4 is 44.0 Å². The van der Waals surface area contributed by atoms with Gasteiger partial charge in [0.25, 0.3) is 21.6 Å². The monoisotopic (exact) mass is 899 g/mol. The van der Waals surface area contributed by atoms with E-state index in [4.69, 9.17) is 4.74 Å². The molecule has 3 atom stereocenters. The zero-order valence-corrected chi connectivity index (χ0v) is 36.8. The van der Waals surface area contributed by atoms with Gasteiger partial charge < -0.3 is 25.0 Å². The number of hydrogen-bond acceptors (Lipinski definition) is 11. The second kappa shape index (κ2) is 16.1. The number of sulfonamides is 1. The standard InChI is InChI=1S/C47H55F2N7O7S/c1-45(58)13-7-29(8-14-45)26-51-38-6-4-34(23-39(38)56(59)60)64(61,62)53-44(57)35-5-3-32(22-40(35)63-33-21-30-10-16-50-43(30)52-27-33)55-19-17-54(18-20-55)28-31-9-15-46(11-2-12-46)24-36(31)47-25-37(47)41(47)42(48)49/h3-6,10,16,21-23,27,29,37,41-42,51,58H,2,7-9,11-15,17-20,24-26,28H2,1H3,(H,50,52)(H,53,57)/t29-,37?,41?,45-,47?. The Morgan fingerprint density at radius 2 is 1.84 bits per heavy atom. The zero-order chi connectivity index (χ0) is 44.6. The number of halogens is 2. The van der Waals surface area contributed by atoms with Gasteiger partial charge >= 0.3 is 0 Å². The lowest BCUT2D eigenvalue weighted by molar-refractivity contribution is -0.384. The molecule has 0 bridgehead atoms. The van der Waals surface area contributed by atoms with Crippen LogP contribution in [0.3, 0.4) is 0 Å². The molecule has 1 amide bonds. The number of piperazine rings is 1. The van der Waals surface area contributed by atoms with Crippen molar-refractivity contribution in [2.45, 2.75) is 94.5 Å². The number of alkyl halides is 2. The van der Waals surface area contributed by atoms with Gasteiger partial charge in [-0.25, -0.2) is 26.9 Å². The molecular weight excluding hydrogens is 845 g/mol. The summed E-state index contributed by atoms with van der Waals surface area (Å²) in [5, 5.41) is 26.3. The number of nitrogens with zero attached hydrogens (tertiary/aromatic N) is 4. The number of amides is 1. The molecule has 14 nitrogen and oxygen atoms in total. The lowest BCUT2D eigenvalue weighted by atomic mass is 9.58. The van der Waals surface area contributed by atoms with E-state index < -0.39 is 49.4 Å².